The lowest BCUT2D eigenvalue weighted by atomic mass is 10.2. The Kier molecular flexibility index (Phi) is 5.73. The number of carbonyl (C=O) groups excluding carboxylic acids is 2. The molecule has 8 heteroatoms. The summed E-state index contributed by atoms with van der Waals surface area (Å²) in [5.74, 6) is 0.437. The van der Waals surface area contributed by atoms with E-state index in [1.165, 1.54) is 9.58 Å². The average molecular weight is 364 g/mol. The van der Waals surface area contributed by atoms with Gasteiger partial charge in [0.1, 0.15) is 11.2 Å². The molecule has 0 radical (unpaired) electrons. The molecular formula is C18H28N4O4. The number of aliphatic imine (C=N–C) groups is 1. The summed E-state index contributed by atoms with van der Waals surface area (Å²) in [6.45, 7) is 11.0. The molecule has 1 fully saturated rings. The highest BCUT2D eigenvalue weighted by Crippen LogP contribution is 2.30. The van der Waals surface area contributed by atoms with Gasteiger partial charge < -0.3 is 9.47 Å². The number of nitrogens with zero attached hydrogens (tertiary/aromatic N) is 4. The zero-order valence-corrected chi connectivity index (χ0v) is 16.4. The average Bonchev–Trinajstić information content (AvgIpc) is 3.09. The summed E-state index contributed by atoms with van der Waals surface area (Å²) in [5.41, 5.74) is -1.36. The van der Waals surface area contributed by atoms with Crippen molar-refractivity contribution in [1.82, 2.24) is 14.7 Å². The SMILES string of the molecule is CC(C)(C)OC(=O)N=C(N(CC1CC1)C(=O)OC(C)(C)C)n1cccn1. The van der Waals surface area contributed by atoms with E-state index < -0.39 is 23.4 Å². The molecule has 0 saturated heterocycles. The van der Waals surface area contributed by atoms with Gasteiger partial charge in [0.2, 0.25) is 5.96 Å². The number of hydrogen-bond acceptors (Lipinski definition) is 5. The van der Waals surface area contributed by atoms with Crippen LogP contribution in [-0.4, -0.2) is 50.6 Å². The molecule has 26 heavy (non-hydrogen) atoms. The van der Waals surface area contributed by atoms with E-state index in [1.807, 2.05) is 0 Å². The van der Waals surface area contributed by atoms with Crippen LogP contribution in [0.1, 0.15) is 54.4 Å². The zero-order chi connectivity index (χ0) is 19.5. The lowest BCUT2D eigenvalue weighted by Gasteiger charge is -2.28. The van der Waals surface area contributed by atoms with Crippen molar-refractivity contribution in [3.8, 4) is 0 Å². The first-order valence-corrected chi connectivity index (χ1v) is 8.77. The minimum absolute atomic E-state index is 0.0744. The Morgan fingerprint density at radius 3 is 2.23 bits per heavy atom. The number of hydrogen-bond donors (Lipinski definition) is 0. The Hall–Kier alpha value is -2.38. The maximum absolute atomic E-state index is 12.8. The van der Waals surface area contributed by atoms with Crippen LogP contribution in [0.3, 0.4) is 0 Å². The van der Waals surface area contributed by atoms with E-state index in [4.69, 9.17) is 9.47 Å². The van der Waals surface area contributed by atoms with Gasteiger partial charge in [-0.2, -0.15) is 5.10 Å². The van der Waals surface area contributed by atoms with Crippen LogP contribution in [0.5, 0.6) is 0 Å². The van der Waals surface area contributed by atoms with E-state index >= 15 is 0 Å². The van der Waals surface area contributed by atoms with Gasteiger partial charge in [-0.3, -0.25) is 0 Å². The molecule has 1 heterocycles. The third-order valence-electron chi connectivity index (χ3n) is 3.29. The molecule has 2 amide bonds. The Morgan fingerprint density at radius 1 is 1.15 bits per heavy atom. The molecule has 8 nitrogen and oxygen atoms in total. The quantitative estimate of drug-likeness (QED) is 0.590. The molecule has 0 unspecified atom stereocenters. The van der Waals surface area contributed by atoms with Gasteiger partial charge in [0.05, 0.1) is 0 Å². The largest absolute Gasteiger partial charge is 0.443 e. The Balaban J connectivity index is 2.35. The fourth-order valence-electron chi connectivity index (χ4n) is 2.10. The highest BCUT2D eigenvalue weighted by molar-refractivity contribution is 5.99. The number of rotatable bonds is 2. The topological polar surface area (TPSA) is 86.0 Å². The molecule has 144 valence electrons. The van der Waals surface area contributed by atoms with Crippen LogP contribution in [0.25, 0.3) is 0 Å². The van der Waals surface area contributed by atoms with Crippen molar-refractivity contribution in [3.63, 3.8) is 0 Å². The predicted octanol–water partition coefficient (Wildman–Crippen LogP) is 3.67. The van der Waals surface area contributed by atoms with Crippen LogP contribution < -0.4 is 0 Å². The summed E-state index contributed by atoms with van der Waals surface area (Å²) in [6.07, 6.45) is 3.87. The van der Waals surface area contributed by atoms with E-state index in [1.54, 1.807) is 60.0 Å². The van der Waals surface area contributed by atoms with E-state index in [2.05, 4.69) is 10.1 Å². The fraction of sp³-hybridized carbons (Fsp3) is 0.667. The monoisotopic (exact) mass is 364 g/mol. The summed E-state index contributed by atoms with van der Waals surface area (Å²) in [7, 11) is 0. The molecule has 1 saturated carbocycles. The standard InChI is InChI=1S/C18H28N4O4/c1-17(2,3)25-15(23)20-14(22-11-7-10-19-22)21(12-13-8-9-13)16(24)26-18(4,5)6/h7,10-11,13H,8-9,12H2,1-6H3. The summed E-state index contributed by atoms with van der Waals surface area (Å²) in [4.78, 5) is 30.4. The maximum Gasteiger partial charge on any atom is 0.437 e. The minimum Gasteiger partial charge on any atom is -0.443 e. The van der Waals surface area contributed by atoms with Crippen molar-refractivity contribution in [2.75, 3.05) is 6.54 Å². The summed E-state index contributed by atoms with van der Waals surface area (Å²) < 4.78 is 12.1. The van der Waals surface area contributed by atoms with Gasteiger partial charge in [-0.25, -0.2) is 19.2 Å². The lowest BCUT2D eigenvalue weighted by Crippen LogP contribution is -2.45. The fourth-order valence-corrected chi connectivity index (χ4v) is 2.10. The number of aromatic nitrogens is 2. The minimum atomic E-state index is -0.785. The number of carbonyl (C=O) groups is 2. The van der Waals surface area contributed by atoms with Crippen molar-refractivity contribution >= 4 is 18.1 Å². The highest BCUT2D eigenvalue weighted by atomic mass is 16.6. The van der Waals surface area contributed by atoms with Crippen molar-refractivity contribution in [2.24, 2.45) is 10.9 Å². The second-order valence-corrected chi connectivity index (χ2v) is 8.38. The molecule has 0 N–H and O–H groups in total. The van der Waals surface area contributed by atoms with Gasteiger partial charge in [-0.1, -0.05) is 0 Å². The molecular weight excluding hydrogens is 336 g/mol. The van der Waals surface area contributed by atoms with E-state index in [-0.39, 0.29) is 5.96 Å². The normalized spacial score (nSPS) is 15.5. The second-order valence-electron chi connectivity index (χ2n) is 8.38. The summed E-state index contributed by atoms with van der Waals surface area (Å²) in [5, 5.41) is 4.12. The zero-order valence-electron chi connectivity index (χ0n) is 16.4. The smallest absolute Gasteiger partial charge is 0.437 e. The first-order valence-electron chi connectivity index (χ1n) is 8.77. The van der Waals surface area contributed by atoms with E-state index in [0.717, 1.165) is 12.8 Å². The summed E-state index contributed by atoms with van der Waals surface area (Å²) in [6, 6.07) is 1.69. The predicted molar refractivity (Wildman–Crippen MR) is 97.0 cm³/mol. The molecule has 0 bridgehead atoms. The van der Waals surface area contributed by atoms with Crippen LogP contribution in [0.15, 0.2) is 23.5 Å². The van der Waals surface area contributed by atoms with E-state index in [0.29, 0.717) is 12.5 Å². The van der Waals surface area contributed by atoms with Crippen LogP contribution in [0.2, 0.25) is 0 Å². The van der Waals surface area contributed by atoms with Crippen LogP contribution in [0.4, 0.5) is 9.59 Å². The first kappa shape index (κ1) is 19.9. The second kappa shape index (κ2) is 7.47. The van der Waals surface area contributed by atoms with Gasteiger partial charge in [-0.15, -0.1) is 4.99 Å². The molecule has 0 aromatic carbocycles. The van der Waals surface area contributed by atoms with Crippen LogP contribution in [-0.2, 0) is 9.47 Å². The Bertz CT molecular complexity index is 664. The highest BCUT2D eigenvalue weighted by Gasteiger charge is 2.34. The van der Waals surface area contributed by atoms with Crippen LogP contribution in [0, 0.1) is 5.92 Å². The van der Waals surface area contributed by atoms with Crippen LogP contribution >= 0.6 is 0 Å². The van der Waals surface area contributed by atoms with Crippen molar-refractivity contribution in [3.05, 3.63) is 18.5 Å². The van der Waals surface area contributed by atoms with E-state index in [9.17, 15) is 9.59 Å². The lowest BCUT2D eigenvalue weighted by molar-refractivity contribution is 0.0356. The number of ether oxygens (including phenoxy) is 2. The van der Waals surface area contributed by atoms with Crippen molar-refractivity contribution in [1.29, 1.82) is 0 Å². The molecule has 1 aliphatic rings. The van der Waals surface area contributed by atoms with Gasteiger partial charge in [0.15, 0.2) is 0 Å². The molecule has 2 rings (SSSR count). The van der Waals surface area contributed by atoms with Gasteiger partial charge in [0.25, 0.3) is 0 Å². The van der Waals surface area contributed by atoms with Gasteiger partial charge in [0, 0.05) is 18.9 Å². The third kappa shape index (κ3) is 6.50. The molecule has 1 aromatic heterocycles. The molecule has 0 aliphatic heterocycles. The van der Waals surface area contributed by atoms with Crippen molar-refractivity contribution < 1.29 is 19.1 Å². The summed E-state index contributed by atoms with van der Waals surface area (Å²) >= 11 is 0. The molecule has 1 aliphatic carbocycles. The maximum atomic E-state index is 12.8. The number of amides is 2. The molecule has 1 aromatic rings. The molecule has 0 atom stereocenters. The first-order chi connectivity index (χ1) is 11.9. The van der Waals surface area contributed by atoms with Gasteiger partial charge in [-0.05, 0) is 66.4 Å². The third-order valence-corrected chi connectivity index (χ3v) is 3.29. The molecule has 0 spiro atoms. The van der Waals surface area contributed by atoms with Crippen molar-refractivity contribution in [2.45, 2.75) is 65.6 Å². The Morgan fingerprint density at radius 2 is 1.77 bits per heavy atom. The van der Waals surface area contributed by atoms with Gasteiger partial charge >= 0.3 is 12.2 Å². The Labute approximate surface area is 154 Å².